The van der Waals surface area contributed by atoms with Crippen LogP contribution in [0.4, 0.5) is 4.79 Å². The minimum Gasteiger partial charge on any atom is -0.410 e. The quantitative estimate of drug-likeness (QED) is 0.865. The van der Waals surface area contributed by atoms with Crippen LogP contribution >= 0.6 is 0 Å². The first kappa shape index (κ1) is 11.9. The number of carbonyl (C=O) groups is 1. The summed E-state index contributed by atoms with van der Waals surface area (Å²) in [7, 11) is 1.75. The summed E-state index contributed by atoms with van der Waals surface area (Å²) in [5.74, 6) is 1.12. The fourth-order valence-corrected chi connectivity index (χ4v) is 1.94. The highest BCUT2D eigenvalue weighted by molar-refractivity contribution is 5.70. The molecule has 0 saturated heterocycles. The Kier molecular flexibility index (Phi) is 3.64. The second-order valence-corrected chi connectivity index (χ2v) is 4.43. The summed E-state index contributed by atoms with van der Waals surface area (Å²) in [4.78, 5) is 13.5. The number of amides is 1. The molecule has 1 amide bonds. The molecular weight excluding hydrogens is 216 g/mol. The van der Waals surface area contributed by atoms with Gasteiger partial charge in [0, 0.05) is 19.6 Å². The molecule has 0 spiro atoms. The normalized spacial score (nSPS) is 16.4. The second-order valence-electron chi connectivity index (χ2n) is 4.43. The molecule has 4 heteroatoms. The molecule has 1 unspecified atom stereocenters. The minimum atomic E-state index is -0.335. The van der Waals surface area contributed by atoms with Gasteiger partial charge in [-0.1, -0.05) is 18.2 Å². The smallest absolute Gasteiger partial charge is 0.410 e. The number of nitrogens with zero attached hydrogens (tertiary/aromatic N) is 1. The van der Waals surface area contributed by atoms with E-state index in [0.29, 0.717) is 18.2 Å². The first-order valence-electron chi connectivity index (χ1n) is 5.92. The maximum absolute atomic E-state index is 11.9. The molecule has 1 saturated carbocycles. The van der Waals surface area contributed by atoms with E-state index >= 15 is 0 Å². The van der Waals surface area contributed by atoms with Gasteiger partial charge in [-0.15, -0.1) is 0 Å². The summed E-state index contributed by atoms with van der Waals surface area (Å²) in [6.07, 6.45) is 1.98. The lowest BCUT2D eigenvalue weighted by atomic mass is 10.2. The van der Waals surface area contributed by atoms with Gasteiger partial charge in [0.2, 0.25) is 0 Å². The van der Waals surface area contributed by atoms with E-state index in [0.717, 1.165) is 12.8 Å². The van der Waals surface area contributed by atoms with E-state index in [-0.39, 0.29) is 12.1 Å². The van der Waals surface area contributed by atoms with Crippen molar-refractivity contribution in [3.63, 3.8) is 0 Å². The Bertz CT molecular complexity index is 376. The Hall–Kier alpha value is -1.55. The Morgan fingerprint density at radius 2 is 2.12 bits per heavy atom. The average Bonchev–Trinajstić information content (AvgIpc) is 3.15. The molecule has 2 rings (SSSR count). The molecule has 1 atom stereocenters. The van der Waals surface area contributed by atoms with E-state index in [4.69, 9.17) is 10.5 Å². The van der Waals surface area contributed by atoms with E-state index in [1.54, 1.807) is 24.1 Å². The predicted molar refractivity (Wildman–Crippen MR) is 65.8 cm³/mol. The van der Waals surface area contributed by atoms with Gasteiger partial charge in [-0.25, -0.2) is 4.79 Å². The van der Waals surface area contributed by atoms with Gasteiger partial charge in [0.05, 0.1) is 0 Å². The molecule has 0 radical (unpaired) electrons. The van der Waals surface area contributed by atoms with Crippen molar-refractivity contribution in [1.82, 2.24) is 4.90 Å². The SMILES string of the molecule is CN(C(=O)Oc1ccccc1)C(CN)C1CC1. The Morgan fingerprint density at radius 3 is 2.65 bits per heavy atom. The van der Waals surface area contributed by atoms with E-state index in [2.05, 4.69) is 0 Å². The third kappa shape index (κ3) is 2.97. The number of para-hydroxylation sites is 1. The van der Waals surface area contributed by atoms with Crippen LogP contribution in [0.15, 0.2) is 30.3 Å². The molecule has 1 aromatic carbocycles. The van der Waals surface area contributed by atoms with Crippen molar-refractivity contribution in [2.45, 2.75) is 18.9 Å². The number of hydrogen-bond donors (Lipinski definition) is 1. The van der Waals surface area contributed by atoms with E-state index in [1.165, 1.54) is 0 Å². The molecule has 92 valence electrons. The predicted octanol–water partition coefficient (Wildman–Crippen LogP) is 1.85. The Labute approximate surface area is 101 Å². The van der Waals surface area contributed by atoms with Gasteiger partial charge in [-0.05, 0) is 30.9 Å². The van der Waals surface area contributed by atoms with Crippen LogP contribution in [0.2, 0.25) is 0 Å². The summed E-state index contributed by atoms with van der Waals surface area (Å²) in [5, 5.41) is 0. The van der Waals surface area contributed by atoms with Crippen LogP contribution in [0, 0.1) is 5.92 Å². The number of ether oxygens (including phenoxy) is 1. The van der Waals surface area contributed by atoms with Crippen molar-refractivity contribution in [3.05, 3.63) is 30.3 Å². The Balaban J connectivity index is 1.95. The van der Waals surface area contributed by atoms with E-state index in [1.807, 2.05) is 18.2 Å². The second kappa shape index (κ2) is 5.19. The molecule has 0 aromatic heterocycles. The van der Waals surface area contributed by atoms with Gasteiger partial charge in [-0.2, -0.15) is 0 Å². The molecule has 1 fully saturated rings. The highest BCUT2D eigenvalue weighted by Gasteiger charge is 2.35. The van der Waals surface area contributed by atoms with Crippen molar-refractivity contribution in [3.8, 4) is 5.75 Å². The fraction of sp³-hybridized carbons (Fsp3) is 0.462. The molecule has 1 aromatic rings. The van der Waals surface area contributed by atoms with Gasteiger partial charge < -0.3 is 15.4 Å². The van der Waals surface area contributed by atoms with Gasteiger partial charge >= 0.3 is 6.09 Å². The van der Waals surface area contributed by atoms with Crippen LogP contribution in [0.1, 0.15) is 12.8 Å². The molecule has 1 aliphatic carbocycles. The molecule has 0 bridgehead atoms. The molecule has 0 heterocycles. The summed E-state index contributed by atoms with van der Waals surface area (Å²) in [5.41, 5.74) is 5.70. The topological polar surface area (TPSA) is 55.6 Å². The molecule has 17 heavy (non-hydrogen) atoms. The summed E-state index contributed by atoms with van der Waals surface area (Å²) in [6.45, 7) is 0.491. The van der Waals surface area contributed by atoms with Crippen LogP contribution in [-0.2, 0) is 0 Å². The largest absolute Gasteiger partial charge is 0.415 e. The minimum absolute atomic E-state index is 0.103. The first-order chi connectivity index (χ1) is 8.22. The number of carbonyl (C=O) groups excluding carboxylic acids is 1. The van der Waals surface area contributed by atoms with Gasteiger partial charge in [0.15, 0.2) is 0 Å². The van der Waals surface area contributed by atoms with Crippen molar-refractivity contribution >= 4 is 6.09 Å². The third-order valence-corrected chi connectivity index (χ3v) is 3.14. The maximum Gasteiger partial charge on any atom is 0.415 e. The van der Waals surface area contributed by atoms with Gasteiger partial charge in [0.25, 0.3) is 0 Å². The van der Waals surface area contributed by atoms with Crippen molar-refractivity contribution in [2.75, 3.05) is 13.6 Å². The lowest BCUT2D eigenvalue weighted by molar-refractivity contribution is 0.141. The molecule has 4 nitrogen and oxygen atoms in total. The van der Waals surface area contributed by atoms with Crippen molar-refractivity contribution < 1.29 is 9.53 Å². The van der Waals surface area contributed by atoms with Crippen LogP contribution in [0.3, 0.4) is 0 Å². The number of rotatable bonds is 4. The molecule has 2 N–H and O–H groups in total. The summed E-state index contributed by atoms with van der Waals surface area (Å²) >= 11 is 0. The molecule has 0 aliphatic heterocycles. The van der Waals surface area contributed by atoms with Crippen LogP contribution in [0.25, 0.3) is 0 Å². The van der Waals surface area contributed by atoms with Crippen molar-refractivity contribution in [2.24, 2.45) is 11.7 Å². The monoisotopic (exact) mass is 234 g/mol. The van der Waals surface area contributed by atoms with E-state index < -0.39 is 0 Å². The third-order valence-electron chi connectivity index (χ3n) is 3.14. The Morgan fingerprint density at radius 1 is 1.47 bits per heavy atom. The number of benzene rings is 1. The van der Waals surface area contributed by atoms with Gasteiger partial charge in [-0.3, -0.25) is 0 Å². The highest BCUT2D eigenvalue weighted by atomic mass is 16.6. The summed E-state index contributed by atoms with van der Waals surface area (Å²) < 4.78 is 5.27. The maximum atomic E-state index is 11.9. The van der Waals surface area contributed by atoms with Crippen LogP contribution in [0.5, 0.6) is 5.75 Å². The van der Waals surface area contributed by atoms with Crippen LogP contribution in [-0.4, -0.2) is 30.6 Å². The first-order valence-corrected chi connectivity index (χ1v) is 5.92. The van der Waals surface area contributed by atoms with Crippen molar-refractivity contribution in [1.29, 1.82) is 0 Å². The fourth-order valence-electron chi connectivity index (χ4n) is 1.94. The number of likely N-dealkylation sites (N-methyl/N-ethyl adjacent to an activating group) is 1. The lowest BCUT2D eigenvalue weighted by Crippen LogP contribution is -2.44. The zero-order valence-electron chi connectivity index (χ0n) is 10.0. The zero-order chi connectivity index (χ0) is 12.3. The molecular formula is C13H18N2O2. The van der Waals surface area contributed by atoms with E-state index in [9.17, 15) is 4.79 Å². The molecule has 1 aliphatic rings. The van der Waals surface area contributed by atoms with Gasteiger partial charge in [0.1, 0.15) is 5.75 Å². The number of hydrogen-bond acceptors (Lipinski definition) is 3. The highest BCUT2D eigenvalue weighted by Crippen LogP contribution is 2.34. The average molecular weight is 234 g/mol. The summed E-state index contributed by atoms with van der Waals surface area (Å²) in [6, 6.07) is 9.19. The lowest BCUT2D eigenvalue weighted by Gasteiger charge is -2.26. The van der Waals surface area contributed by atoms with Crippen LogP contribution < -0.4 is 10.5 Å². The zero-order valence-corrected chi connectivity index (χ0v) is 10.0. The number of nitrogens with two attached hydrogens (primary N) is 1. The standard InChI is InChI=1S/C13H18N2O2/c1-15(12(9-14)10-7-8-10)13(16)17-11-5-3-2-4-6-11/h2-6,10,12H,7-9,14H2,1H3.